The van der Waals surface area contributed by atoms with Gasteiger partial charge in [-0.3, -0.25) is 0 Å². The van der Waals surface area contributed by atoms with Crippen LogP contribution in [0.2, 0.25) is 0 Å². The molecule has 0 amide bonds. The molecule has 1 heterocycles. The average Bonchev–Trinajstić information content (AvgIpc) is 2.77. The van der Waals surface area contributed by atoms with Gasteiger partial charge < -0.3 is 19.5 Å². The van der Waals surface area contributed by atoms with E-state index in [9.17, 15) is 0 Å². The van der Waals surface area contributed by atoms with Crippen LogP contribution in [0.15, 0.2) is 12.4 Å². The molecule has 0 spiro atoms. The van der Waals surface area contributed by atoms with Crippen molar-refractivity contribution >= 4 is 5.95 Å². The molecule has 1 rings (SSSR count). The van der Waals surface area contributed by atoms with Gasteiger partial charge >= 0.3 is 0 Å². The lowest BCUT2D eigenvalue weighted by Crippen LogP contribution is -2.16. The zero-order valence-electron chi connectivity index (χ0n) is 12.0. The molecule has 0 bridgehead atoms. The monoisotopic (exact) mass is 254 g/mol. The zero-order valence-corrected chi connectivity index (χ0v) is 12.0. The summed E-state index contributed by atoms with van der Waals surface area (Å²) in [4.78, 5) is 6.55. The van der Waals surface area contributed by atoms with Gasteiger partial charge in [0.2, 0.25) is 5.95 Å². The van der Waals surface area contributed by atoms with Crippen LogP contribution in [0.4, 0.5) is 5.95 Å². The molecule has 0 fully saturated rings. The van der Waals surface area contributed by atoms with Gasteiger partial charge in [-0.25, -0.2) is 4.98 Å². The predicted molar refractivity (Wildman–Crippen MR) is 75.1 cm³/mol. The number of ether oxygens (including phenoxy) is 1. The van der Waals surface area contributed by atoms with Gasteiger partial charge in [0.1, 0.15) is 0 Å². The average molecular weight is 254 g/mol. The molecule has 0 saturated carbocycles. The summed E-state index contributed by atoms with van der Waals surface area (Å²) in [6, 6.07) is 0.307. The summed E-state index contributed by atoms with van der Waals surface area (Å²) in [6.45, 7) is 4.93. The van der Waals surface area contributed by atoms with E-state index in [1.165, 1.54) is 6.42 Å². The predicted octanol–water partition coefficient (Wildman–Crippen LogP) is 1.84. The number of anilines is 1. The molecule has 0 aliphatic carbocycles. The molecular weight excluding hydrogens is 228 g/mol. The first kappa shape index (κ1) is 15.0. The lowest BCUT2D eigenvalue weighted by atomic mass is 10.3. The fourth-order valence-electron chi connectivity index (χ4n) is 1.88. The number of hydrogen-bond donors (Lipinski definition) is 1. The largest absolute Gasteiger partial charge is 0.383 e. The van der Waals surface area contributed by atoms with Crippen LogP contribution in [0.3, 0.4) is 0 Å². The minimum absolute atomic E-state index is 0.307. The summed E-state index contributed by atoms with van der Waals surface area (Å²) >= 11 is 0. The van der Waals surface area contributed by atoms with E-state index < -0.39 is 0 Å². The number of rotatable bonds is 9. The molecule has 0 radical (unpaired) electrons. The molecule has 0 aromatic carbocycles. The summed E-state index contributed by atoms with van der Waals surface area (Å²) in [6.07, 6.45) is 6.18. The second-order valence-electron chi connectivity index (χ2n) is 4.90. The van der Waals surface area contributed by atoms with E-state index in [2.05, 4.69) is 40.8 Å². The van der Waals surface area contributed by atoms with Gasteiger partial charge in [-0.1, -0.05) is 0 Å². The number of nitrogens with zero attached hydrogens (tertiary/aromatic N) is 3. The Kier molecular flexibility index (Phi) is 6.75. The van der Waals surface area contributed by atoms with Crippen LogP contribution in [-0.4, -0.2) is 55.4 Å². The topological polar surface area (TPSA) is 42.3 Å². The Balaban J connectivity index is 2.31. The molecule has 0 saturated heterocycles. The summed E-state index contributed by atoms with van der Waals surface area (Å²) in [7, 11) is 5.93. The Morgan fingerprint density at radius 1 is 1.44 bits per heavy atom. The molecular formula is C13H26N4O. The van der Waals surface area contributed by atoms with Crippen LogP contribution in [0, 0.1) is 0 Å². The number of imidazole rings is 1. The van der Waals surface area contributed by atoms with Gasteiger partial charge in [0.05, 0.1) is 12.6 Å². The quantitative estimate of drug-likeness (QED) is 0.683. The third kappa shape index (κ3) is 5.06. The number of nitrogens with one attached hydrogen (secondary N) is 1. The van der Waals surface area contributed by atoms with Gasteiger partial charge in [-0.15, -0.1) is 0 Å². The van der Waals surface area contributed by atoms with Crippen molar-refractivity contribution in [2.75, 3.05) is 46.2 Å². The van der Waals surface area contributed by atoms with Crippen molar-refractivity contribution in [3.8, 4) is 0 Å². The standard InChI is InChI=1S/C13H26N4O/c1-12(11-18-4)17-10-8-15-13(17)14-7-5-6-9-16(2)3/h8,10,12H,5-7,9,11H2,1-4H3,(H,14,15). The number of aromatic nitrogens is 2. The molecule has 0 aliphatic heterocycles. The Hall–Kier alpha value is -1.07. The zero-order chi connectivity index (χ0) is 13.4. The summed E-state index contributed by atoms with van der Waals surface area (Å²) in [5.41, 5.74) is 0. The molecule has 5 nitrogen and oxygen atoms in total. The van der Waals surface area contributed by atoms with Crippen LogP contribution in [-0.2, 0) is 4.74 Å². The highest BCUT2D eigenvalue weighted by atomic mass is 16.5. The molecule has 1 aromatic heterocycles. The van der Waals surface area contributed by atoms with E-state index in [1.54, 1.807) is 7.11 Å². The first-order valence-electron chi connectivity index (χ1n) is 6.55. The highest BCUT2D eigenvalue weighted by Gasteiger charge is 2.08. The van der Waals surface area contributed by atoms with Crippen LogP contribution in [0.25, 0.3) is 0 Å². The van der Waals surface area contributed by atoms with Crippen molar-refractivity contribution in [1.29, 1.82) is 0 Å². The highest BCUT2D eigenvalue weighted by Crippen LogP contribution is 2.13. The van der Waals surface area contributed by atoms with Crippen LogP contribution in [0.1, 0.15) is 25.8 Å². The van der Waals surface area contributed by atoms with E-state index in [1.807, 2.05) is 12.4 Å². The molecule has 1 unspecified atom stereocenters. The Labute approximate surface area is 110 Å². The Morgan fingerprint density at radius 2 is 2.22 bits per heavy atom. The third-order valence-corrected chi connectivity index (χ3v) is 2.87. The van der Waals surface area contributed by atoms with Crippen molar-refractivity contribution in [1.82, 2.24) is 14.5 Å². The van der Waals surface area contributed by atoms with Gasteiger partial charge in [-0.05, 0) is 40.4 Å². The fraction of sp³-hybridized carbons (Fsp3) is 0.769. The van der Waals surface area contributed by atoms with E-state index in [0.29, 0.717) is 12.6 Å². The Bertz CT molecular complexity index is 325. The van der Waals surface area contributed by atoms with E-state index in [4.69, 9.17) is 4.74 Å². The van der Waals surface area contributed by atoms with E-state index >= 15 is 0 Å². The number of methoxy groups -OCH3 is 1. The minimum Gasteiger partial charge on any atom is -0.383 e. The first-order valence-corrected chi connectivity index (χ1v) is 6.55. The number of unbranched alkanes of at least 4 members (excludes halogenated alkanes) is 1. The van der Waals surface area contributed by atoms with E-state index in [-0.39, 0.29) is 0 Å². The summed E-state index contributed by atoms with van der Waals surface area (Å²) < 4.78 is 7.29. The summed E-state index contributed by atoms with van der Waals surface area (Å²) in [5.74, 6) is 0.935. The van der Waals surface area contributed by atoms with Gasteiger partial charge in [-0.2, -0.15) is 0 Å². The molecule has 1 N–H and O–H groups in total. The van der Waals surface area contributed by atoms with Crippen molar-refractivity contribution in [3.63, 3.8) is 0 Å². The lowest BCUT2D eigenvalue weighted by molar-refractivity contribution is 0.163. The van der Waals surface area contributed by atoms with Crippen LogP contribution < -0.4 is 5.32 Å². The second kappa shape index (κ2) is 8.11. The molecule has 1 atom stereocenters. The summed E-state index contributed by atoms with van der Waals surface area (Å²) in [5, 5.41) is 3.38. The molecule has 0 aliphatic rings. The van der Waals surface area contributed by atoms with Crippen molar-refractivity contribution < 1.29 is 4.74 Å². The van der Waals surface area contributed by atoms with Crippen molar-refractivity contribution in [3.05, 3.63) is 12.4 Å². The molecule has 5 heteroatoms. The van der Waals surface area contributed by atoms with E-state index in [0.717, 1.165) is 25.5 Å². The lowest BCUT2D eigenvalue weighted by Gasteiger charge is -2.16. The SMILES string of the molecule is COCC(C)n1ccnc1NCCCCN(C)C. The molecule has 1 aromatic rings. The molecule has 104 valence electrons. The number of hydrogen-bond acceptors (Lipinski definition) is 4. The maximum atomic E-state index is 5.17. The minimum atomic E-state index is 0.307. The smallest absolute Gasteiger partial charge is 0.203 e. The molecule has 18 heavy (non-hydrogen) atoms. The fourth-order valence-corrected chi connectivity index (χ4v) is 1.88. The van der Waals surface area contributed by atoms with Crippen LogP contribution in [0.5, 0.6) is 0 Å². The Morgan fingerprint density at radius 3 is 2.89 bits per heavy atom. The maximum absolute atomic E-state index is 5.17. The van der Waals surface area contributed by atoms with Gasteiger partial charge in [0.15, 0.2) is 0 Å². The van der Waals surface area contributed by atoms with Crippen molar-refractivity contribution in [2.45, 2.75) is 25.8 Å². The maximum Gasteiger partial charge on any atom is 0.203 e. The normalized spacial score (nSPS) is 12.9. The van der Waals surface area contributed by atoms with Crippen molar-refractivity contribution in [2.24, 2.45) is 0 Å². The van der Waals surface area contributed by atoms with Crippen LogP contribution >= 0.6 is 0 Å². The third-order valence-electron chi connectivity index (χ3n) is 2.87. The van der Waals surface area contributed by atoms with Gasteiger partial charge in [0, 0.05) is 26.0 Å². The van der Waals surface area contributed by atoms with Gasteiger partial charge in [0.25, 0.3) is 0 Å². The second-order valence-corrected chi connectivity index (χ2v) is 4.90. The highest BCUT2D eigenvalue weighted by molar-refractivity contribution is 5.26. The first-order chi connectivity index (χ1) is 8.65.